The van der Waals surface area contributed by atoms with Crippen LogP contribution < -0.4 is 5.32 Å². The molecule has 1 fully saturated rings. The Kier molecular flexibility index (Phi) is 3.59. The molecule has 1 aliphatic carbocycles. The van der Waals surface area contributed by atoms with E-state index in [-0.39, 0.29) is 0 Å². The molecule has 2 aromatic rings. The predicted octanol–water partition coefficient (Wildman–Crippen LogP) is 1.85. The molecule has 6 heteroatoms. The van der Waals surface area contributed by atoms with Crippen LogP contribution in [-0.4, -0.2) is 26.0 Å². The van der Waals surface area contributed by atoms with Crippen LogP contribution in [-0.2, 0) is 6.54 Å². The van der Waals surface area contributed by atoms with Crippen molar-refractivity contribution in [3.05, 3.63) is 30.2 Å². The Balaban J connectivity index is 1.64. The average Bonchev–Trinajstić information content (AvgIpc) is 3.08. The molecule has 2 aromatic heterocycles. The summed E-state index contributed by atoms with van der Waals surface area (Å²) in [5, 5.41) is 11.7. The minimum atomic E-state index is 0.417. The van der Waals surface area contributed by atoms with Gasteiger partial charge in [-0.2, -0.15) is 10.1 Å². The number of hydrogen-bond donors (Lipinski definition) is 1. The number of rotatable bonds is 4. The molecule has 0 aromatic carbocycles. The normalized spacial score (nSPS) is 23.6. The molecular formula is C13H19N5O. The van der Waals surface area contributed by atoms with Crippen molar-refractivity contribution in [1.29, 1.82) is 0 Å². The van der Waals surface area contributed by atoms with Crippen molar-refractivity contribution >= 4 is 0 Å². The van der Waals surface area contributed by atoms with Gasteiger partial charge in [0, 0.05) is 18.4 Å². The highest BCUT2D eigenvalue weighted by molar-refractivity contribution is 4.91. The average molecular weight is 261 g/mol. The third-order valence-electron chi connectivity index (χ3n) is 3.68. The molecule has 102 valence electrons. The SMILES string of the molecule is Cc1noc(CNC2CCCCC2n2cccn2)n1. The second-order valence-corrected chi connectivity index (χ2v) is 5.06. The topological polar surface area (TPSA) is 68.8 Å². The van der Waals surface area contributed by atoms with Crippen LogP contribution in [0.25, 0.3) is 0 Å². The fourth-order valence-corrected chi connectivity index (χ4v) is 2.77. The summed E-state index contributed by atoms with van der Waals surface area (Å²) in [4.78, 5) is 4.22. The van der Waals surface area contributed by atoms with Gasteiger partial charge in [-0.3, -0.25) is 4.68 Å². The van der Waals surface area contributed by atoms with Crippen LogP contribution in [0.5, 0.6) is 0 Å². The summed E-state index contributed by atoms with van der Waals surface area (Å²) in [5.74, 6) is 1.34. The quantitative estimate of drug-likeness (QED) is 0.909. The summed E-state index contributed by atoms with van der Waals surface area (Å²) >= 11 is 0. The Morgan fingerprint density at radius 3 is 3.05 bits per heavy atom. The number of nitrogens with zero attached hydrogens (tertiary/aromatic N) is 4. The van der Waals surface area contributed by atoms with Crippen LogP contribution in [0.4, 0.5) is 0 Å². The van der Waals surface area contributed by atoms with Crippen molar-refractivity contribution in [3.8, 4) is 0 Å². The first kappa shape index (κ1) is 12.3. The molecule has 1 aliphatic rings. The monoisotopic (exact) mass is 261 g/mol. The van der Waals surface area contributed by atoms with E-state index in [2.05, 4.69) is 25.2 Å². The summed E-state index contributed by atoms with van der Waals surface area (Å²) < 4.78 is 7.20. The molecule has 2 unspecified atom stereocenters. The molecule has 19 heavy (non-hydrogen) atoms. The van der Waals surface area contributed by atoms with Gasteiger partial charge in [-0.25, -0.2) is 0 Å². The van der Waals surface area contributed by atoms with E-state index in [4.69, 9.17) is 4.52 Å². The van der Waals surface area contributed by atoms with Gasteiger partial charge in [0.2, 0.25) is 5.89 Å². The molecule has 3 rings (SSSR count). The van der Waals surface area contributed by atoms with Crippen molar-refractivity contribution in [1.82, 2.24) is 25.2 Å². The maximum Gasteiger partial charge on any atom is 0.240 e. The maximum atomic E-state index is 5.14. The van der Waals surface area contributed by atoms with Crippen LogP contribution in [0.3, 0.4) is 0 Å². The zero-order valence-corrected chi connectivity index (χ0v) is 11.1. The third-order valence-corrected chi connectivity index (χ3v) is 3.68. The van der Waals surface area contributed by atoms with Crippen LogP contribution in [0.1, 0.15) is 43.4 Å². The summed E-state index contributed by atoms with van der Waals surface area (Å²) in [6, 6.07) is 2.82. The number of hydrogen-bond acceptors (Lipinski definition) is 5. The molecule has 0 amide bonds. The lowest BCUT2D eigenvalue weighted by Gasteiger charge is -2.32. The summed E-state index contributed by atoms with van der Waals surface area (Å²) in [7, 11) is 0. The number of aryl methyl sites for hydroxylation is 1. The Morgan fingerprint density at radius 2 is 2.32 bits per heavy atom. The van der Waals surface area contributed by atoms with Crippen LogP contribution in [0.2, 0.25) is 0 Å². The van der Waals surface area contributed by atoms with Gasteiger partial charge in [0.25, 0.3) is 0 Å². The van der Waals surface area contributed by atoms with E-state index >= 15 is 0 Å². The second kappa shape index (κ2) is 5.52. The number of aromatic nitrogens is 4. The fourth-order valence-electron chi connectivity index (χ4n) is 2.77. The highest BCUT2D eigenvalue weighted by Gasteiger charge is 2.26. The van der Waals surface area contributed by atoms with Gasteiger partial charge in [-0.05, 0) is 25.8 Å². The second-order valence-electron chi connectivity index (χ2n) is 5.06. The van der Waals surface area contributed by atoms with Gasteiger partial charge in [0.1, 0.15) is 0 Å². The van der Waals surface area contributed by atoms with Gasteiger partial charge in [-0.15, -0.1) is 0 Å². The van der Waals surface area contributed by atoms with Gasteiger partial charge in [0.15, 0.2) is 5.82 Å². The first-order valence-electron chi connectivity index (χ1n) is 6.84. The molecule has 2 heterocycles. The molecule has 1 N–H and O–H groups in total. The minimum absolute atomic E-state index is 0.417. The lowest BCUT2D eigenvalue weighted by atomic mass is 9.90. The largest absolute Gasteiger partial charge is 0.338 e. The van der Waals surface area contributed by atoms with E-state index in [1.54, 1.807) is 0 Å². The molecule has 2 atom stereocenters. The van der Waals surface area contributed by atoms with Crippen molar-refractivity contribution in [2.75, 3.05) is 0 Å². The molecule has 0 saturated heterocycles. The first-order valence-corrected chi connectivity index (χ1v) is 6.84. The third kappa shape index (κ3) is 2.84. The van der Waals surface area contributed by atoms with E-state index < -0.39 is 0 Å². The molecule has 6 nitrogen and oxygen atoms in total. The van der Waals surface area contributed by atoms with Gasteiger partial charge in [0.05, 0.1) is 12.6 Å². The maximum absolute atomic E-state index is 5.14. The minimum Gasteiger partial charge on any atom is -0.338 e. The predicted molar refractivity (Wildman–Crippen MR) is 69.4 cm³/mol. The number of nitrogens with one attached hydrogen (secondary N) is 1. The molecule has 1 saturated carbocycles. The van der Waals surface area contributed by atoms with Gasteiger partial charge >= 0.3 is 0 Å². The smallest absolute Gasteiger partial charge is 0.240 e. The fraction of sp³-hybridized carbons (Fsp3) is 0.615. The first-order chi connectivity index (χ1) is 9.33. The van der Waals surface area contributed by atoms with Crippen molar-refractivity contribution in [2.45, 2.75) is 51.2 Å². The molecular weight excluding hydrogens is 242 g/mol. The van der Waals surface area contributed by atoms with E-state index in [9.17, 15) is 0 Å². The van der Waals surface area contributed by atoms with Crippen molar-refractivity contribution in [2.24, 2.45) is 0 Å². The Morgan fingerprint density at radius 1 is 1.42 bits per heavy atom. The van der Waals surface area contributed by atoms with Gasteiger partial charge in [-0.1, -0.05) is 18.0 Å². The Hall–Kier alpha value is -1.69. The molecule has 0 aliphatic heterocycles. The van der Waals surface area contributed by atoms with Crippen molar-refractivity contribution < 1.29 is 4.52 Å². The molecule has 0 radical (unpaired) electrons. The lowest BCUT2D eigenvalue weighted by Crippen LogP contribution is -2.39. The van der Waals surface area contributed by atoms with Gasteiger partial charge < -0.3 is 9.84 Å². The highest BCUT2D eigenvalue weighted by Crippen LogP contribution is 2.28. The molecule has 0 spiro atoms. The zero-order valence-electron chi connectivity index (χ0n) is 11.1. The van der Waals surface area contributed by atoms with Crippen LogP contribution in [0.15, 0.2) is 23.0 Å². The Bertz CT molecular complexity index is 507. The van der Waals surface area contributed by atoms with E-state index in [0.29, 0.717) is 30.3 Å². The van der Waals surface area contributed by atoms with Crippen LogP contribution >= 0.6 is 0 Å². The summed E-state index contributed by atoms with van der Waals surface area (Å²) in [5.41, 5.74) is 0. The Labute approximate surface area is 112 Å². The van der Waals surface area contributed by atoms with E-state index in [1.165, 1.54) is 19.3 Å². The summed E-state index contributed by atoms with van der Waals surface area (Å²) in [6.45, 7) is 2.46. The standard InChI is InChI=1S/C13H19N5O/c1-10-16-13(19-17-10)9-14-11-5-2-3-6-12(11)18-8-4-7-15-18/h4,7-8,11-12,14H,2-3,5-6,9H2,1H3. The lowest BCUT2D eigenvalue weighted by molar-refractivity contribution is 0.236. The molecule has 0 bridgehead atoms. The zero-order chi connectivity index (χ0) is 13.1. The summed E-state index contributed by atoms with van der Waals surface area (Å²) in [6.07, 6.45) is 8.75. The van der Waals surface area contributed by atoms with E-state index in [1.807, 2.05) is 25.4 Å². The van der Waals surface area contributed by atoms with Crippen LogP contribution in [0, 0.1) is 6.92 Å². The van der Waals surface area contributed by atoms with Crippen molar-refractivity contribution in [3.63, 3.8) is 0 Å². The van der Waals surface area contributed by atoms with E-state index in [0.717, 1.165) is 6.42 Å². The highest BCUT2D eigenvalue weighted by atomic mass is 16.5.